The van der Waals surface area contributed by atoms with Crippen LogP contribution in [0.15, 0.2) is 18.2 Å². The molecule has 0 radical (unpaired) electrons. The van der Waals surface area contributed by atoms with Gasteiger partial charge in [-0.15, -0.1) is 12.4 Å². The van der Waals surface area contributed by atoms with Gasteiger partial charge in [0.05, 0.1) is 4.92 Å². The summed E-state index contributed by atoms with van der Waals surface area (Å²) in [6.07, 6.45) is 0.842. The normalized spacial score (nSPS) is 14.8. The lowest BCUT2D eigenvalue weighted by molar-refractivity contribution is -0.384. The molecule has 128 valence electrons. The molecule has 1 aromatic rings. The van der Waals surface area contributed by atoms with Crippen LogP contribution >= 0.6 is 24.0 Å². The summed E-state index contributed by atoms with van der Waals surface area (Å²) in [4.78, 5) is 24.6. The molecule has 23 heavy (non-hydrogen) atoms. The van der Waals surface area contributed by atoms with E-state index in [0.29, 0.717) is 6.54 Å². The van der Waals surface area contributed by atoms with Crippen molar-refractivity contribution in [1.82, 2.24) is 15.5 Å². The fourth-order valence-electron chi connectivity index (χ4n) is 2.35. The van der Waals surface area contributed by atoms with E-state index < -0.39 is 4.92 Å². The Morgan fingerprint density at radius 3 is 2.70 bits per heavy atom. The van der Waals surface area contributed by atoms with Crippen molar-refractivity contribution in [3.05, 3.63) is 38.9 Å². The minimum Gasteiger partial charge on any atom is -0.352 e. The molecule has 0 aromatic heterocycles. The molecule has 1 amide bonds. The summed E-state index contributed by atoms with van der Waals surface area (Å²) in [5.74, 6) is -0.342. The second-order valence-electron chi connectivity index (χ2n) is 5.16. The van der Waals surface area contributed by atoms with Gasteiger partial charge in [0.25, 0.3) is 11.6 Å². The molecule has 1 aromatic carbocycles. The number of carbonyl (C=O) groups is 1. The first kappa shape index (κ1) is 19.6. The lowest BCUT2D eigenvalue weighted by Gasteiger charge is -2.27. The van der Waals surface area contributed by atoms with E-state index in [1.54, 1.807) is 0 Å². The van der Waals surface area contributed by atoms with Gasteiger partial charge in [-0.2, -0.15) is 0 Å². The maximum atomic E-state index is 12.0. The number of nitrogens with zero attached hydrogens (tertiary/aromatic N) is 2. The molecule has 1 saturated heterocycles. The fourth-order valence-corrected chi connectivity index (χ4v) is 2.58. The molecule has 1 aliphatic rings. The van der Waals surface area contributed by atoms with Crippen LogP contribution < -0.4 is 10.6 Å². The lowest BCUT2D eigenvalue weighted by Crippen LogP contribution is -2.44. The SMILES string of the molecule is Cl.O=C(NCCCN1CCNCC1)c1cc(Cl)cc([N+](=O)[O-])c1. The Balaban J connectivity index is 0.00000264. The molecule has 0 bridgehead atoms. The van der Waals surface area contributed by atoms with Crippen molar-refractivity contribution >= 4 is 35.6 Å². The molecule has 2 N–H and O–H groups in total. The minimum absolute atomic E-state index is 0. The first-order valence-electron chi connectivity index (χ1n) is 7.22. The number of amides is 1. The maximum absolute atomic E-state index is 12.0. The topological polar surface area (TPSA) is 87.5 Å². The Morgan fingerprint density at radius 2 is 2.04 bits per heavy atom. The largest absolute Gasteiger partial charge is 0.352 e. The predicted molar refractivity (Wildman–Crippen MR) is 91.6 cm³/mol. The van der Waals surface area contributed by atoms with Gasteiger partial charge in [-0.3, -0.25) is 14.9 Å². The molecule has 0 aliphatic carbocycles. The predicted octanol–water partition coefficient (Wildman–Crippen LogP) is 1.70. The fraction of sp³-hybridized carbons (Fsp3) is 0.500. The van der Waals surface area contributed by atoms with Crippen LogP contribution in [-0.4, -0.2) is 55.0 Å². The first-order chi connectivity index (χ1) is 10.6. The summed E-state index contributed by atoms with van der Waals surface area (Å²) in [5.41, 5.74) is 0.0276. The molecule has 2 rings (SSSR count). The summed E-state index contributed by atoms with van der Waals surface area (Å²) in [5, 5.41) is 17.0. The highest BCUT2D eigenvalue weighted by Gasteiger charge is 2.14. The zero-order valence-corrected chi connectivity index (χ0v) is 14.2. The quantitative estimate of drug-likeness (QED) is 0.456. The standard InChI is InChI=1S/C14H19ClN4O3.ClH/c15-12-8-11(9-13(10-12)19(21)22)14(20)17-2-1-5-18-6-3-16-4-7-18;/h8-10,16H,1-7H2,(H,17,20);1H. The number of piperazine rings is 1. The molecule has 0 unspecified atom stereocenters. The zero-order valence-electron chi connectivity index (χ0n) is 12.6. The third kappa shape index (κ3) is 6.31. The van der Waals surface area contributed by atoms with Crippen molar-refractivity contribution in [3.63, 3.8) is 0 Å². The average molecular weight is 363 g/mol. The van der Waals surface area contributed by atoms with Crippen molar-refractivity contribution in [3.8, 4) is 0 Å². The van der Waals surface area contributed by atoms with Crippen LogP contribution in [-0.2, 0) is 0 Å². The number of carbonyl (C=O) groups excluding carboxylic acids is 1. The monoisotopic (exact) mass is 362 g/mol. The van der Waals surface area contributed by atoms with Gasteiger partial charge in [0.15, 0.2) is 0 Å². The first-order valence-corrected chi connectivity index (χ1v) is 7.60. The number of rotatable bonds is 6. The van der Waals surface area contributed by atoms with Crippen LogP contribution in [0.5, 0.6) is 0 Å². The van der Waals surface area contributed by atoms with Crippen molar-refractivity contribution in [2.45, 2.75) is 6.42 Å². The number of benzene rings is 1. The van der Waals surface area contributed by atoms with Gasteiger partial charge in [0.2, 0.25) is 0 Å². The van der Waals surface area contributed by atoms with Gasteiger partial charge in [0, 0.05) is 55.4 Å². The highest BCUT2D eigenvalue weighted by molar-refractivity contribution is 6.31. The minimum atomic E-state index is -0.562. The number of non-ortho nitro benzene ring substituents is 1. The van der Waals surface area contributed by atoms with Gasteiger partial charge in [0.1, 0.15) is 0 Å². The molecular formula is C14H20Cl2N4O3. The van der Waals surface area contributed by atoms with Gasteiger partial charge in [-0.25, -0.2) is 0 Å². The second kappa shape index (κ2) is 9.67. The highest BCUT2D eigenvalue weighted by Crippen LogP contribution is 2.20. The third-order valence-corrected chi connectivity index (χ3v) is 3.72. The Morgan fingerprint density at radius 1 is 1.35 bits per heavy atom. The van der Waals surface area contributed by atoms with E-state index >= 15 is 0 Å². The van der Waals surface area contributed by atoms with E-state index in [1.807, 2.05) is 0 Å². The Bertz CT molecular complexity index is 551. The Labute approximate surface area is 145 Å². The molecule has 9 heteroatoms. The van der Waals surface area contributed by atoms with E-state index in [9.17, 15) is 14.9 Å². The summed E-state index contributed by atoms with van der Waals surface area (Å²) in [6.45, 7) is 5.50. The zero-order chi connectivity index (χ0) is 15.9. The van der Waals surface area contributed by atoms with E-state index in [-0.39, 0.29) is 34.6 Å². The molecule has 0 spiro atoms. The Hall–Kier alpha value is -1.41. The molecule has 7 nitrogen and oxygen atoms in total. The van der Waals surface area contributed by atoms with Gasteiger partial charge in [-0.05, 0) is 19.0 Å². The number of nitrogens with one attached hydrogen (secondary N) is 2. The van der Waals surface area contributed by atoms with E-state index in [0.717, 1.165) is 39.1 Å². The summed E-state index contributed by atoms with van der Waals surface area (Å²) >= 11 is 5.80. The second-order valence-corrected chi connectivity index (χ2v) is 5.59. The van der Waals surface area contributed by atoms with E-state index in [4.69, 9.17) is 11.6 Å². The number of nitro groups is 1. The molecular weight excluding hydrogens is 343 g/mol. The van der Waals surface area contributed by atoms with Crippen LogP contribution in [0.2, 0.25) is 5.02 Å². The molecule has 0 saturated carbocycles. The van der Waals surface area contributed by atoms with Crippen LogP contribution in [0.3, 0.4) is 0 Å². The highest BCUT2D eigenvalue weighted by atomic mass is 35.5. The number of nitro benzene ring substituents is 1. The Kier molecular flexibility index (Phi) is 8.25. The number of hydrogen-bond donors (Lipinski definition) is 2. The molecule has 1 heterocycles. The number of hydrogen-bond acceptors (Lipinski definition) is 5. The van der Waals surface area contributed by atoms with Crippen LogP contribution in [0.4, 0.5) is 5.69 Å². The summed E-state index contributed by atoms with van der Waals surface area (Å²) < 4.78 is 0. The van der Waals surface area contributed by atoms with Gasteiger partial charge < -0.3 is 15.5 Å². The summed E-state index contributed by atoms with van der Waals surface area (Å²) in [7, 11) is 0. The van der Waals surface area contributed by atoms with Crippen molar-refractivity contribution in [2.75, 3.05) is 39.3 Å². The van der Waals surface area contributed by atoms with E-state index in [2.05, 4.69) is 15.5 Å². The average Bonchev–Trinajstić information content (AvgIpc) is 2.51. The van der Waals surface area contributed by atoms with Gasteiger partial charge >= 0.3 is 0 Å². The van der Waals surface area contributed by atoms with Crippen molar-refractivity contribution in [2.24, 2.45) is 0 Å². The maximum Gasteiger partial charge on any atom is 0.271 e. The smallest absolute Gasteiger partial charge is 0.271 e. The van der Waals surface area contributed by atoms with Crippen molar-refractivity contribution < 1.29 is 9.72 Å². The molecule has 0 atom stereocenters. The number of halogens is 2. The third-order valence-electron chi connectivity index (χ3n) is 3.50. The molecule has 1 aliphatic heterocycles. The van der Waals surface area contributed by atoms with Crippen LogP contribution in [0, 0.1) is 10.1 Å². The van der Waals surface area contributed by atoms with E-state index in [1.165, 1.54) is 18.2 Å². The molecule has 1 fully saturated rings. The van der Waals surface area contributed by atoms with Crippen LogP contribution in [0.25, 0.3) is 0 Å². The van der Waals surface area contributed by atoms with Crippen LogP contribution in [0.1, 0.15) is 16.8 Å². The van der Waals surface area contributed by atoms with Crippen molar-refractivity contribution in [1.29, 1.82) is 0 Å². The summed E-state index contributed by atoms with van der Waals surface area (Å²) in [6, 6.07) is 3.89. The lowest BCUT2D eigenvalue weighted by atomic mass is 10.2. The van der Waals surface area contributed by atoms with Gasteiger partial charge in [-0.1, -0.05) is 11.6 Å².